The average Bonchev–Trinajstić information content (AvgIpc) is 3.23. The van der Waals surface area contributed by atoms with E-state index in [1.165, 1.54) is 4.90 Å². The molecule has 1 atom stereocenters. The predicted octanol–water partition coefficient (Wildman–Crippen LogP) is 2.09. The van der Waals surface area contributed by atoms with Crippen LogP contribution in [-0.2, 0) is 4.74 Å². The van der Waals surface area contributed by atoms with Crippen LogP contribution in [0.15, 0.2) is 29.4 Å². The number of nitrogens with zero attached hydrogens (tertiary/aromatic N) is 5. The number of ether oxygens (including phenoxy) is 1. The quantitative estimate of drug-likeness (QED) is 0.742. The van der Waals surface area contributed by atoms with Crippen LogP contribution in [-0.4, -0.2) is 57.0 Å². The topological polar surface area (TPSA) is 71.9 Å². The van der Waals surface area contributed by atoms with Crippen LogP contribution in [0.5, 0.6) is 0 Å². The summed E-state index contributed by atoms with van der Waals surface area (Å²) in [7, 11) is 0. The van der Waals surface area contributed by atoms with Gasteiger partial charge in [0.15, 0.2) is 11.5 Å². The minimum Gasteiger partial charge on any atom is -0.377 e. The standard InChI is InChI=1S/C15H18N6OS/c1-10-9-22-6-5-20(10)14-7-12(23-2)11-8-17-21(15(11)18-14)13-3-4-16-19-13/h3-4,7-8,10H,5-6,9H2,1-2H3,(H,16,19). The van der Waals surface area contributed by atoms with Crippen molar-refractivity contribution < 1.29 is 4.74 Å². The number of thioether (sulfide) groups is 1. The van der Waals surface area contributed by atoms with Crippen molar-refractivity contribution in [2.24, 2.45) is 0 Å². The van der Waals surface area contributed by atoms with Crippen molar-refractivity contribution in [1.82, 2.24) is 25.0 Å². The fourth-order valence-electron chi connectivity index (χ4n) is 2.89. The molecular weight excluding hydrogens is 312 g/mol. The number of pyridine rings is 1. The van der Waals surface area contributed by atoms with E-state index in [9.17, 15) is 0 Å². The van der Waals surface area contributed by atoms with Crippen LogP contribution in [0.25, 0.3) is 16.9 Å². The highest BCUT2D eigenvalue weighted by molar-refractivity contribution is 7.98. The van der Waals surface area contributed by atoms with Crippen LogP contribution < -0.4 is 4.90 Å². The summed E-state index contributed by atoms with van der Waals surface area (Å²) >= 11 is 1.71. The summed E-state index contributed by atoms with van der Waals surface area (Å²) in [5.74, 6) is 1.78. The van der Waals surface area contributed by atoms with Crippen LogP contribution in [0.2, 0.25) is 0 Å². The number of nitrogens with one attached hydrogen (secondary N) is 1. The number of aromatic nitrogens is 5. The Morgan fingerprint density at radius 2 is 2.35 bits per heavy atom. The fraction of sp³-hybridized carbons (Fsp3) is 0.400. The first kappa shape index (κ1) is 14.5. The van der Waals surface area contributed by atoms with E-state index in [-0.39, 0.29) is 0 Å². The summed E-state index contributed by atoms with van der Waals surface area (Å²) in [6, 6.07) is 4.34. The molecule has 23 heavy (non-hydrogen) atoms. The number of H-pyrrole nitrogens is 1. The SMILES string of the molecule is CSc1cc(N2CCOCC2C)nc2c1cnn2-c1ccn[nH]1. The van der Waals surface area contributed by atoms with E-state index < -0.39 is 0 Å². The molecule has 4 rings (SSSR count). The summed E-state index contributed by atoms with van der Waals surface area (Å²) in [6.45, 7) is 4.48. The van der Waals surface area contributed by atoms with Gasteiger partial charge in [-0.1, -0.05) is 0 Å². The molecule has 0 saturated carbocycles. The van der Waals surface area contributed by atoms with E-state index in [0.717, 1.165) is 42.4 Å². The van der Waals surface area contributed by atoms with E-state index in [0.29, 0.717) is 6.04 Å². The first-order valence-electron chi connectivity index (χ1n) is 7.55. The third-order valence-electron chi connectivity index (χ3n) is 4.09. The van der Waals surface area contributed by atoms with E-state index in [1.54, 1.807) is 22.6 Å². The molecule has 1 saturated heterocycles. The molecule has 0 aliphatic carbocycles. The number of aromatic amines is 1. The Morgan fingerprint density at radius 3 is 3.09 bits per heavy atom. The first-order chi connectivity index (χ1) is 11.3. The van der Waals surface area contributed by atoms with Gasteiger partial charge < -0.3 is 9.64 Å². The molecule has 7 nitrogen and oxygen atoms in total. The van der Waals surface area contributed by atoms with Crippen molar-refractivity contribution in [1.29, 1.82) is 0 Å². The lowest BCUT2D eigenvalue weighted by Gasteiger charge is -2.34. The van der Waals surface area contributed by atoms with Crippen LogP contribution in [0, 0.1) is 0 Å². The molecule has 1 aliphatic heterocycles. The molecule has 1 fully saturated rings. The number of anilines is 1. The lowest BCUT2D eigenvalue weighted by Crippen LogP contribution is -2.44. The summed E-state index contributed by atoms with van der Waals surface area (Å²) in [4.78, 5) is 8.36. The van der Waals surface area contributed by atoms with E-state index in [4.69, 9.17) is 9.72 Å². The maximum Gasteiger partial charge on any atom is 0.168 e. The zero-order valence-electron chi connectivity index (χ0n) is 13.1. The number of hydrogen-bond acceptors (Lipinski definition) is 6. The highest BCUT2D eigenvalue weighted by Gasteiger charge is 2.22. The Kier molecular flexibility index (Phi) is 3.70. The predicted molar refractivity (Wildman–Crippen MR) is 90.4 cm³/mol. The number of hydrogen-bond donors (Lipinski definition) is 1. The van der Waals surface area contributed by atoms with Gasteiger partial charge in [-0.05, 0) is 19.2 Å². The Bertz CT molecular complexity index is 815. The van der Waals surface area contributed by atoms with E-state index >= 15 is 0 Å². The third-order valence-corrected chi connectivity index (χ3v) is 4.86. The minimum absolute atomic E-state index is 0.312. The summed E-state index contributed by atoms with van der Waals surface area (Å²) in [5, 5.41) is 12.5. The molecule has 3 aromatic rings. The second-order valence-corrected chi connectivity index (χ2v) is 6.38. The molecule has 0 aromatic carbocycles. The molecule has 8 heteroatoms. The van der Waals surface area contributed by atoms with Crippen molar-refractivity contribution in [3.05, 3.63) is 24.5 Å². The van der Waals surface area contributed by atoms with Gasteiger partial charge in [-0.15, -0.1) is 11.8 Å². The summed E-state index contributed by atoms with van der Waals surface area (Å²) < 4.78 is 7.34. The minimum atomic E-state index is 0.312. The second kappa shape index (κ2) is 5.86. The highest BCUT2D eigenvalue weighted by Crippen LogP contribution is 2.31. The third kappa shape index (κ3) is 2.47. The average molecular weight is 330 g/mol. The Labute approximate surface area is 138 Å². The van der Waals surface area contributed by atoms with E-state index in [2.05, 4.69) is 39.4 Å². The monoisotopic (exact) mass is 330 g/mol. The first-order valence-corrected chi connectivity index (χ1v) is 8.77. The van der Waals surface area contributed by atoms with Gasteiger partial charge in [0.05, 0.1) is 37.0 Å². The van der Waals surface area contributed by atoms with Crippen molar-refractivity contribution in [3.63, 3.8) is 0 Å². The molecule has 0 radical (unpaired) electrons. The van der Waals surface area contributed by atoms with Gasteiger partial charge in [-0.2, -0.15) is 14.9 Å². The number of rotatable bonds is 3. The van der Waals surface area contributed by atoms with Gasteiger partial charge in [0, 0.05) is 17.5 Å². The van der Waals surface area contributed by atoms with Crippen LogP contribution in [0.1, 0.15) is 6.92 Å². The molecule has 1 unspecified atom stereocenters. The van der Waals surface area contributed by atoms with E-state index in [1.807, 2.05) is 12.3 Å². The lowest BCUT2D eigenvalue weighted by atomic mass is 10.2. The highest BCUT2D eigenvalue weighted by atomic mass is 32.2. The molecule has 0 spiro atoms. The summed E-state index contributed by atoms with van der Waals surface area (Å²) in [5.41, 5.74) is 0.842. The number of morpholine rings is 1. The smallest absolute Gasteiger partial charge is 0.168 e. The zero-order chi connectivity index (χ0) is 15.8. The van der Waals surface area contributed by atoms with Crippen molar-refractivity contribution >= 4 is 28.6 Å². The van der Waals surface area contributed by atoms with Crippen molar-refractivity contribution in [2.45, 2.75) is 17.9 Å². The van der Waals surface area contributed by atoms with Gasteiger partial charge in [-0.3, -0.25) is 5.10 Å². The molecule has 3 aromatic heterocycles. The molecule has 0 amide bonds. The molecule has 120 valence electrons. The second-order valence-electron chi connectivity index (χ2n) is 5.54. The fourth-order valence-corrected chi connectivity index (χ4v) is 3.47. The molecular formula is C15H18N6OS. The largest absolute Gasteiger partial charge is 0.377 e. The Balaban J connectivity index is 1.87. The normalized spacial score (nSPS) is 18.7. The van der Waals surface area contributed by atoms with Crippen molar-refractivity contribution in [2.75, 3.05) is 30.9 Å². The molecule has 1 N–H and O–H groups in total. The number of fused-ring (bicyclic) bond motifs is 1. The zero-order valence-corrected chi connectivity index (χ0v) is 13.9. The van der Waals surface area contributed by atoms with Gasteiger partial charge in [0.1, 0.15) is 5.82 Å². The Hall–Kier alpha value is -2.06. The molecule has 1 aliphatic rings. The van der Waals surface area contributed by atoms with Crippen LogP contribution >= 0.6 is 11.8 Å². The lowest BCUT2D eigenvalue weighted by molar-refractivity contribution is 0.0985. The Morgan fingerprint density at radius 1 is 1.43 bits per heavy atom. The molecule has 0 bridgehead atoms. The summed E-state index contributed by atoms with van der Waals surface area (Å²) in [6.07, 6.45) is 5.66. The van der Waals surface area contributed by atoms with Gasteiger partial charge >= 0.3 is 0 Å². The van der Waals surface area contributed by atoms with Gasteiger partial charge in [0.2, 0.25) is 0 Å². The van der Waals surface area contributed by atoms with Crippen LogP contribution in [0.4, 0.5) is 5.82 Å². The van der Waals surface area contributed by atoms with Gasteiger partial charge in [-0.25, -0.2) is 4.98 Å². The maximum atomic E-state index is 5.54. The maximum absolute atomic E-state index is 5.54. The van der Waals surface area contributed by atoms with Gasteiger partial charge in [0.25, 0.3) is 0 Å². The molecule has 4 heterocycles. The van der Waals surface area contributed by atoms with Crippen LogP contribution in [0.3, 0.4) is 0 Å². The van der Waals surface area contributed by atoms with Crippen molar-refractivity contribution in [3.8, 4) is 5.82 Å².